The lowest BCUT2D eigenvalue weighted by atomic mass is 10.0. The molecule has 0 aliphatic heterocycles. The molecule has 0 radical (unpaired) electrons. The van der Waals surface area contributed by atoms with Crippen molar-refractivity contribution in [1.82, 2.24) is 9.71 Å². The first-order valence-corrected chi connectivity index (χ1v) is 8.11. The average Bonchev–Trinajstić information content (AvgIpc) is 3.15. The first-order valence-electron chi connectivity index (χ1n) is 7.23. The van der Waals surface area contributed by atoms with Crippen molar-refractivity contribution in [3.8, 4) is 27.3 Å². The van der Waals surface area contributed by atoms with Crippen LogP contribution in [0.3, 0.4) is 0 Å². The van der Waals surface area contributed by atoms with Crippen LogP contribution in [0.5, 0.6) is 5.75 Å². The lowest BCUT2D eigenvalue weighted by Gasteiger charge is -2.11. The van der Waals surface area contributed by atoms with Crippen molar-refractivity contribution in [1.29, 1.82) is 0 Å². The minimum absolute atomic E-state index is 0.0255. The number of thiophene rings is 1. The van der Waals surface area contributed by atoms with Gasteiger partial charge in [0, 0.05) is 16.6 Å². The van der Waals surface area contributed by atoms with Crippen molar-refractivity contribution < 1.29 is 10.3 Å². The van der Waals surface area contributed by atoms with Gasteiger partial charge in [0.1, 0.15) is 5.75 Å². The highest BCUT2D eigenvalue weighted by Gasteiger charge is 2.19. The third-order valence-electron chi connectivity index (χ3n) is 3.83. The van der Waals surface area contributed by atoms with Gasteiger partial charge < -0.3 is 10.3 Å². The number of pyridine rings is 2. The Bertz CT molecular complexity index is 1090. The fourth-order valence-electron chi connectivity index (χ4n) is 2.68. The van der Waals surface area contributed by atoms with Gasteiger partial charge in [-0.05, 0) is 23.1 Å². The quantitative estimate of drug-likeness (QED) is 0.547. The highest BCUT2D eigenvalue weighted by Crippen LogP contribution is 2.34. The van der Waals surface area contributed by atoms with Crippen LogP contribution < -0.4 is 5.56 Å². The van der Waals surface area contributed by atoms with Crippen molar-refractivity contribution >= 4 is 22.4 Å². The maximum absolute atomic E-state index is 12.4. The van der Waals surface area contributed by atoms with Gasteiger partial charge in [0.05, 0.1) is 10.9 Å². The summed E-state index contributed by atoms with van der Waals surface area (Å²) in [7, 11) is 0. The van der Waals surface area contributed by atoms with E-state index in [0.29, 0.717) is 15.7 Å². The minimum atomic E-state index is -0.706. The van der Waals surface area contributed by atoms with Gasteiger partial charge in [-0.2, -0.15) is 0 Å². The van der Waals surface area contributed by atoms with E-state index in [9.17, 15) is 15.1 Å². The number of aromatic nitrogens is 2. The van der Waals surface area contributed by atoms with E-state index in [1.807, 2.05) is 23.6 Å². The Balaban J connectivity index is 2.06. The Labute approximate surface area is 140 Å². The zero-order valence-corrected chi connectivity index (χ0v) is 13.2. The smallest absolute Gasteiger partial charge is 0.296 e. The summed E-state index contributed by atoms with van der Waals surface area (Å²) in [6.07, 6.45) is 1.57. The zero-order chi connectivity index (χ0) is 16.7. The lowest BCUT2D eigenvalue weighted by Crippen LogP contribution is -2.20. The number of fused-ring (bicyclic) bond motifs is 1. The van der Waals surface area contributed by atoms with Gasteiger partial charge in [-0.15, -0.1) is 16.1 Å². The van der Waals surface area contributed by atoms with Crippen LogP contribution in [0, 0.1) is 0 Å². The largest absolute Gasteiger partial charge is 0.506 e. The van der Waals surface area contributed by atoms with Crippen LogP contribution in [0.15, 0.2) is 64.9 Å². The molecule has 0 bridgehead atoms. The van der Waals surface area contributed by atoms with E-state index in [0.717, 1.165) is 10.4 Å². The molecule has 118 valence electrons. The summed E-state index contributed by atoms with van der Waals surface area (Å²) in [5.41, 5.74) is 0.715. The van der Waals surface area contributed by atoms with Crippen molar-refractivity contribution in [2.24, 2.45) is 0 Å². The van der Waals surface area contributed by atoms with Crippen LogP contribution in [0.2, 0.25) is 0 Å². The number of rotatable bonds is 2. The van der Waals surface area contributed by atoms with Gasteiger partial charge >= 0.3 is 0 Å². The highest BCUT2D eigenvalue weighted by atomic mass is 32.1. The topological polar surface area (TPSA) is 75.3 Å². The van der Waals surface area contributed by atoms with Gasteiger partial charge in [-0.25, -0.2) is 4.98 Å². The van der Waals surface area contributed by atoms with Crippen molar-refractivity contribution in [3.05, 3.63) is 70.5 Å². The van der Waals surface area contributed by atoms with Gasteiger partial charge in [0.25, 0.3) is 5.56 Å². The number of hydrogen-bond acceptors (Lipinski definition) is 5. The van der Waals surface area contributed by atoms with E-state index in [1.165, 1.54) is 0 Å². The Morgan fingerprint density at radius 1 is 1.04 bits per heavy atom. The fraction of sp³-hybridized carbons (Fsp3) is 0. The second-order valence-electron chi connectivity index (χ2n) is 5.28. The molecule has 5 nitrogen and oxygen atoms in total. The Morgan fingerprint density at radius 2 is 1.83 bits per heavy atom. The highest BCUT2D eigenvalue weighted by molar-refractivity contribution is 7.13. The normalized spacial score (nSPS) is 11.0. The van der Waals surface area contributed by atoms with E-state index in [4.69, 9.17) is 0 Å². The molecule has 0 saturated carbocycles. The molecule has 6 heteroatoms. The monoisotopic (exact) mass is 336 g/mol. The van der Waals surface area contributed by atoms with Crippen LogP contribution in [0.1, 0.15) is 0 Å². The Morgan fingerprint density at radius 3 is 2.54 bits per heavy atom. The summed E-state index contributed by atoms with van der Waals surface area (Å²) >= 11 is 1.55. The Hall–Kier alpha value is -3.12. The summed E-state index contributed by atoms with van der Waals surface area (Å²) in [5, 5.41) is 23.1. The molecule has 0 atom stereocenters. The summed E-state index contributed by atoms with van der Waals surface area (Å²) < 4.78 is 0.482. The zero-order valence-electron chi connectivity index (χ0n) is 12.4. The molecular formula is C18H12N2O3S. The van der Waals surface area contributed by atoms with Crippen molar-refractivity contribution in [2.75, 3.05) is 0 Å². The molecule has 4 aromatic rings. The molecule has 0 aliphatic carbocycles. The van der Waals surface area contributed by atoms with Gasteiger partial charge in [-0.3, -0.25) is 4.79 Å². The molecule has 0 unspecified atom stereocenters. The van der Waals surface area contributed by atoms with Gasteiger partial charge in [-0.1, -0.05) is 36.4 Å². The van der Waals surface area contributed by atoms with Gasteiger partial charge in [0.2, 0.25) is 0 Å². The van der Waals surface area contributed by atoms with Crippen LogP contribution in [0.4, 0.5) is 0 Å². The predicted molar refractivity (Wildman–Crippen MR) is 93.6 cm³/mol. The molecule has 0 aliphatic rings. The molecule has 1 aromatic carbocycles. The number of aromatic hydroxyl groups is 1. The molecule has 0 saturated heterocycles. The van der Waals surface area contributed by atoms with Gasteiger partial charge in [0.15, 0.2) is 5.65 Å². The number of benzene rings is 1. The third kappa shape index (κ3) is 2.16. The third-order valence-corrected chi connectivity index (χ3v) is 4.75. The molecule has 2 N–H and O–H groups in total. The number of hydrogen-bond donors (Lipinski definition) is 2. The van der Waals surface area contributed by atoms with Crippen molar-refractivity contribution in [2.45, 2.75) is 0 Å². The molecule has 24 heavy (non-hydrogen) atoms. The van der Waals surface area contributed by atoms with Crippen LogP contribution in [-0.2, 0) is 0 Å². The molecule has 0 amide bonds. The summed E-state index contributed by atoms with van der Waals surface area (Å²) in [6.45, 7) is 0. The van der Waals surface area contributed by atoms with Crippen molar-refractivity contribution in [3.63, 3.8) is 0 Å². The number of nitrogens with zero attached hydrogens (tertiary/aromatic N) is 2. The minimum Gasteiger partial charge on any atom is -0.506 e. The second-order valence-corrected chi connectivity index (χ2v) is 6.23. The van der Waals surface area contributed by atoms with E-state index in [-0.39, 0.29) is 17.0 Å². The maximum Gasteiger partial charge on any atom is 0.296 e. The summed E-state index contributed by atoms with van der Waals surface area (Å²) in [6, 6.07) is 14.3. The van der Waals surface area contributed by atoms with Crippen LogP contribution in [-0.4, -0.2) is 20.0 Å². The summed E-state index contributed by atoms with van der Waals surface area (Å²) in [5.74, 6) is -0.183. The molecule has 4 rings (SSSR count). The molecule has 3 heterocycles. The fourth-order valence-corrected chi connectivity index (χ4v) is 3.39. The standard InChI is InChI=1S/C18H12N2O3S/c21-16-13-9-12(14-7-4-8-24-14)10-19-17(13)20(23)18(22)15(16)11-5-2-1-3-6-11/h1-10,21,23H. The van der Waals surface area contributed by atoms with E-state index < -0.39 is 5.56 Å². The Kier molecular flexibility index (Phi) is 3.32. The average molecular weight is 336 g/mol. The maximum atomic E-state index is 12.4. The second kappa shape index (κ2) is 5.50. The molecule has 3 aromatic heterocycles. The predicted octanol–water partition coefficient (Wildman–Crippen LogP) is 3.73. The van der Waals surface area contributed by atoms with E-state index >= 15 is 0 Å². The van der Waals surface area contributed by atoms with E-state index in [1.54, 1.807) is 47.9 Å². The summed E-state index contributed by atoms with van der Waals surface area (Å²) in [4.78, 5) is 17.6. The SMILES string of the molecule is O=c1c(-c2ccccc2)c(O)c2cc(-c3cccs3)cnc2n1O. The molecule has 0 spiro atoms. The first kappa shape index (κ1) is 14.5. The molecule has 0 fully saturated rings. The van der Waals surface area contributed by atoms with Crippen LogP contribution in [0.25, 0.3) is 32.6 Å². The van der Waals surface area contributed by atoms with Crippen LogP contribution >= 0.6 is 11.3 Å². The first-order chi connectivity index (χ1) is 11.7. The lowest BCUT2D eigenvalue weighted by molar-refractivity contribution is 0.186. The molecular weight excluding hydrogens is 324 g/mol. The van der Waals surface area contributed by atoms with E-state index in [2.05, 4.69) is 4.98 Å².